The van der Waals surface area contributed by atoms with E-state index in [-0.39, 0.29) is 30.1 Å². The number of hydrogen-bond acceptors (Lipinski definition) is 9. The molecule has 0 bridgehead atoms. The van der Waals surface area contributed by atoms with E-state index >= 15 is 0 Å². The normalized spacial score (nSPS) is 15.5. The number of aliphatic hydroxyl groups is 1. The van der Waals surface area contributed by atoms with Gasteiger partial charge in [-0.3, -0.25) is 9.97 Å². The van der Waals surface area contributed by atoms with Crippen LogP contribution in [0, 0.1) is 0 Å². The van der Waals surface area contributed by atoms with Crippen molar-refractivity contribution in [3.8, 4) is 11.5 Å². The van der Waals surface area contributed by atoms with Crippen molar-refractivity contribution >= 4 is 12.2 Å². The molecule has 0 unspecified atom stereocenters. The average Bonchev–Trinajstić information content (AvgIpc) is 2.73. The topological polar surface area (TPSA) is 135 Å². The quantitative estimate of drug-likeness (QED) is 0.613. The monoisotopic (exact) mass is 518 g/mol. The summed E-state index contributed by atoms with van der Waals surface area (Å²) in [6.07, 6.45) is 5.40. The first-order valence-electron chi connectivity index (χ1n) is 12.0. The fourth-order valence-corrected chi connectivity index (χ4v) is 2.88. The van der Waals surface area contributed by atoms with Gasteiger partial charge >= 0.3 is 12.2 Å². The van der Waals surface area contributed by atoms with Gasteiger partial charge in [0.15, 0.2) is 0 Å². The van der Waals surface area contributed by atoms with E-state index in [1.807, 2.05) is 53.7 Å². The van der Waals surface area contributed by atoms with Gasteiger partial charge in [0.1, 0.15) is 28.8 Å². The molecule has 204 valence electrons. The third-order valence-electron chi connectivity index (χ3n) is 4.60. The number of hydrogen-bond donors (Lipinski definition) is 2. The summed E-state index contributed by atoms with van der Waals surface area (Å²) >= 11 is 0. The molecule has 0 saturated carbocycles. The van der Waals surface area contributed by atoms with Gasteiger partial charge < -0.3 is 34.2 Å². The zero-order valence-corrected chi connectivity index (χ0v) is 22.3. The summed E-state index contributed by atoms with van der Waals surface area (Å²) in [5, 5.41) is 17.5. The van der Waals surface area contributed by atoms with Gasteiger partial charge in [0, 0.05) is 12.4 Å². The molecule has 0 aromatic carbocycles. The van der Waals surface area contributed by atoms with Crippen molar-refractivity contribution in [2.45, 2.75) is 65.0 Å². The molecule has 37 heavy (non-hydrogen) atoms. The number of β-amino-alcohol motifs (C(OH)–C–C–N with tert-alkyl or cyclic N) is 1. The van der Waals surface area contributed by atoms with Crippen LogP contribution in [0.3, 0.4) is 0 Å². The van der Waals surface area contributed by atoms with E-state index in [4.69, 9.17) is 24.4 Å². The average molecular weight is 519 g/mol. The second kappa shape index (κ2) is 13.1. The molecule has 4 heterocycles. The lowest BCUT2D eigenvalue weighted by atomic mass is 10.1. The summed E-state index contributed by atoms with van der Waals surface area (Å²) in [7, 11) is 0. The van der Waals surface area contributed by atoms with Crippen molar-refractivity contribution in [1.29, 1.82) is 0 Å². The Morgan fingerprint density at radius 2 is 1.32 bits per heavy atom. The summed E-state index contributed by atoms with van der Waals surface area (Å²) < 4.78 is 16.0. The number of ether oxygens (including phenoxy) is 3. The van der Waals surface area contributed by atoms with Gasteiger partial charge in [0.2, 0.25) is 0 Å². The van der Waals surface area contributed by atoms with Crippen LogP contribution >= 0.6 is 0 Å². The van der Waals surface area contributed by atoms with E-state index in [0.29, 0.717) is 26.2 Å². The highest BCUT2D eigenvalue weighted by molar-refractivity contribution is 5.69. The van der Waals surface area contributed by atoms with Gasteiger partial charge in [0.05, 0.1) is 44.7 Å². The number of aromatic nitrogens is 2. The molecule has 2 amide bonds. The van der Waals surface area contributed by atoms with E-state index in [0.717, 1.165) is 5.75 Å². The fourth-order valence-electron chi connectivity index (χ4n) is 2.88. The van der Waals surface area contributed by atoms with Crippen LogP contribution < -0.4 is 4.74 Å². The van der Waals surface area contributed by atoms with Crippen LogP contribution in [-0.4, -0.2) is 91.8 Å². The van der Waals surface area contributed by atoms with Gasteiger partial charge in [-0.25, -0.2) is 9.59 Å². The van der Waals surface area contributed by atoms with Gasteiger partial charge in [0.25, 0.3) is 0 Å². The summed E-state index contributed by atoms with van der Waals surface area (Å²) in [6, 6.07) is 6.92. The minimum absolute atomic E-state index is 0.0294. The SMILES string of the molecule is CC(C)(C)OC(=O)N1CC(O)C1.CC(C)(C)OC(=O)N1CC(Oc2cccnc2)C1.Oc1cccnc1. The highest BCUT2D eigenvalue weighted by Crippen LogP contribution is 2.19. The third-order valence-corrected chi connectivity index (χ3v) is 4.60. The van der Waals surface area contributed by atoms with Crippen LogP contribution in [0.15, 0.2) is 49.1 Å². The van der Waals surface area contributed by atoms with E-state index < -0.39 is 11.2 Å². The number of nitrogens with zero attached hydrogens (tertiary/aromatic N) is 4. The molecular weight excluding hydrogens is 480 g/mol. The Bertz CT molecular complexity index is 966. The largest absolute Gasteiger partial charge is 0.506 e. The second-order valence-electron chi connectivity index (χ2n) is 10.6. The van der Waals surface area contributed by atoms with Gasteiger partial charge in [-0.05, 0) is 65.8 Å². The van der Waals surface area contributed by atoms with Crippen molar-refractivity contribution < 1.29 is 34.0 Å². The number of carbonyl (C=O) groups is 2. The summed E-state index contributed by atoms with van der Waals surface area (Å²) in [4.78, 5) is 33.6. The van der Waals surface area contributed by atoms with Crippen LogP contribution in [0.2, 0.25) is 0 Å². The Morgan fingerprint density at radius 1 is 0.838 bits per heavy atom. The Kier molecular flexibility index (Phi) is 10.5. The molecule has 2 aromatic rings. The highest BCUT2D eigenvalue weighted by atomic mass is 16.6. The van der Waals surface area contributed by atoms with Crippen molar-refractivity contribution in [2.75, 3.05) is 26.2 Å². The second-order valence-corrected chi connectivity index (χ2v) is 10.6. The maximum absolute atomic E-state index is 11.7. The Labute approximate surface area is 218 Å². The molecule has 2 N–H and O–H groups in total. The lowest BCUT2D eigenvalue weighted by Crippen LogP contribution is -2.57. The molecule has 2 saturated heterocycles. The smallest absolute Gasteiger partial charge is 0.410 e. The number of aromatic hydroxyl groups is 1. The predicted molar refractivity (Wildman–Crippen MR) is 136 cm³/mol. The number of likely N-dealkylation sites (tertiary alicyclic amines) is 2. The number of pyridine rings is 2. The van der Waals surface area contributed by atoms with Crippen LogP contribution in [0.1, 0.15) is 41.5 Å². The first-order chi connectivity index (χ1) is 17.2. The third kappa shape index (κ3) is 11.8. The lowest BCUT2D eigenvalue weighted by molar-refractivity contribution is -0.0303. The van der Waals surface area contributed by atoms with E-state index in [1.165, 1.54) is 11.1 Å². The predicted octanol–water partition coefficient (Wildman–Crippen LogP) is 3.46. The van der Waals surface area contributed by atoms with Gasteiger partial charge in [-0.15, -0.1) is 0 Å². The molecular formula is C26H38N4O7. The molecule has 0 radical (unpaired) electrons. The fraction of sp³-hybridized carbons (Fsp3) is 0.538. The number of rotatable bonds is 2. The minimum atomic E-state index is -0.452. The first kappa shape index (κ1) is 29.6. The zero-order valence-electron chi connectivity index (χ0n) is 22.3. The van der Waals surface area contributed by atoms with Crippen molar-refractivity contribution in [3.63, 3.8) is 0 Å². The number of amides is 2. The first-order valence-corrected chi connectivity index (χ1v) is 12.0. The van der Waals surface area contributed by atoms with Crippen LogP contribution in [0.4, 0.5) is 9.59 Å². The molecule has 2 aliphatic rings. The van der Waals surface area contributed by atoms with Gasteiger partial charge in [-0.1, -0.05) is 0 Å². The lowest BCUT2D eigenvalue weighted by Gasteiger charge is -2.39. The summed E-state index contributed by atoms with van der Waals surface area (Å²) in [5.74, 6) is 0.939. The molecule has 2 fully saturated rings. The van der Waals surface area contributed by atoms with Crippen molar-refractivity contribution in [1.82, 2.24) is 19.8 Å². The van der Waals surface area contributed by atoms with E-state index in [9.17, 15) is 9.59 Å². The van der Waals surface area contributed by atoms with Gasteiger partial charge in [-0.2, -0.15) is 0 Å². The van der Waals surface area contributed by atoms with E-state index in [2.05, 4.69) is 9.97 Å². The Morgan fingerprint density at radius 3 is 1.68 bits per heavy atom. The van der Waals surface area contributed by atoms with E-state index in [1.54, 1.807) is 35.6 Å². The molecule has 0 spiro atoms. The highest BCUT2D eigenvalue weighted by Gasteiger charge is 2.35. The molecule has 0 aliphatic carbocycles. The number of carbonyl (C=O) groups excluding carboxylic acids is 2. The molecule has 11 heteroatoms. The standard InChI is InChI=1S/C13H18N2O3.C8H15NO3.C5H5NO/c1-13(2,3)18-12(16)15-8-11(9-15)17-10-5-4-6-14-7-10;1-8(2,3)12-7(11)9-4-6(10)5-9;7-5-2-1-3-6-4-5/h4-7,11H,8-9H2,1-3H3;6,10H,4-5H2,1-3H3;1-4,7H. The van der Waals surface area contributed by atoms with Crippen LogP contribution in [-0.2, 0) is 9.47 Å². The summed E-state index contributed by atoms with van der Waals surface area (Å²) in [5.41, 5.74) is -0.899. The Hall–Kier alpha value is -3.60. The zero-order chi connectivity index (χ0) is 27.6. The van der Waals surface area contributed by atoms with Crippen LogP contribution in [0.5, 0.6) is 11.5 Å². The molecule has 11 nitrogen and oxygen atoms in total. The van der Waals surface area contributed by atoms with Crippen LogP contribution in [0.25, 0.3) is 0 Å². The molecule has 4 rings (SSSR count). The molecule has 2 aromatic heterocycles. The number of aliphatic hydroxyl groups excluding tert-OH is 1. The molecule has 0 atom stereocenters. The molecule has 2 aliphatic heterocycles. The maximum Gasteiger partial charge on any atom is 0.410 e. The maximum atomic E-state index is 11.7. The van der Waals surface area contributed by atoms with Crippen molar-refractivity contribution in [3.05, 3.63) is 49.1 Å². The summed E-state index contributed by atoms with van der Waals surface area (Å²) in [6.45, 7) is 12.9. The minimum Gasteiger partial charge on any atom is -0.506 e. The van der Waals surface area contributed by atoms with Crippen molar-refractivity contribution in [2.24, 2.45) is 0 Å². The Balaban J connectivity index is 0.000000217.